The molecule has 0 atom stereocenters. The van der Waals surface area contributed by atoms with Crippen molar-refractivity contribution in [1.82, 2.24) is 0 Å². The third kappa shape index (κ3) is 4.66. The molecule has 22 heavy (non-hydrogen) atoms. The van der Waals surface area contributed by atoms with Gasteiger partial charge in [-0.25, -0.2) is 0 Å². The van der Waals surface area contributed by atoms with Crippen LogP contribution >= 0.6 is 0 Å². The van der Waals surface area contributed by atoms with E-state index in [2.05, 4.69) is 5.32 Å². The Kier molecular flexibility index (Phi) is 5.60. The van der Waals surface area contributed by atoms with Crippen LogP contribution in [0.5, 0.6) is 11.5 Å². The summed E-state index contributed by atoms with van der Waals surface area (Å²) in [5.74, 6) is 1.39. The predicted molar refractivity (Wildman–Crippen MR) is 88.3 cm³/mol. The number of methoxy groups -OCH3 is 1. The Labute approximate surface area is 130 Å². The lowest BCUT2D eigenvalue weighted by atomic mass is 10.2. The van der Waals surface area contributed by atoms with Crippen molar-refractivity contribution in [2.75, 3.05) is 19.0 Å². The summed E-state index contributed by atoms with van der Waals surface area (Å²) in [6.45, 7) is 2.55. The molecule has 1 N–H and O–H groups in total. The Bertz CT molecular complexity index is 630. The first kappa shape index (κ1) is 15.6. The van der Waals surface area contributed by atoms with Crippen LogP contribution in [-0.4, -0.2) is 19.6 Å². The predicted octanol–water partition coefficient (Wildman–Crippen LogP) is 3.75. The van der Waals surface area contributed by atoms with Crippen molar-refractivity contribution in [2.24, 2.45) is 0 Å². The van der Waals surface area contributed by atoms with E-state index in [4.69, 9.17) is 9.47 Å². The molecule has 2 aromatic carbocycles. The fourth-order valence-corrected chi connectivity index (χ4v) is 1.87. The van der Waals surface area contributed by atoms with Crippen LogP contribution < -0.4 is 14.8 Å². The average Bonchev–Trinajstić information content (AvgIpc) is 2.55. The molecule has 0 radical (unpaired) electrons. The van der Waals surface area contributed by atoms with Crippen molar-refractivity contribution in [2.45, 2.75) is 6.92 Å². The van der Waals surface area contributed by atoms with Crippen LogP contribution in [0, 0.1) is 0 Å². The third-order valence-corrected chi connectivity index (χ3v) is 2.98. The van der Waals surface area contributed by atoms with Gasteiger partial charge in [0.2, 0.25) is 5.91 Å². The SMILES string of the molecule is CCOc1ccc(NC(=O)/C=C/c2ccc(OC)cc2)cc1. The number of hydrogen-bond acceptors (Lipinski definition) is 3. The second-order valence-electron chi connectivity index (χ2n) is 4.55. The Morgan fingerprint density at radius 1 is 1.05 bits per heavy atom. The van der Waals surface area contributed by atoms with Crippen LogP contribution in [0.25, 0.3) is 6.08 Å². The van der Waals surface area contributed by atoms with Crippen LogP contribution in [-0.2, 0) is 4.79 Å². The van der Waals surface area contributed by atoms with E-state index in [1.165, 1.54) is 6.08 Å². The molecule has 0 heterocycles. The highest BCUT2D eigenvalue weighted by Crippen LogP contribution is 2.16. The van der Waals surface area contributed by atoms with Crippen molar-refractivity contribution in [1.29, 1.82) is 0 Å². The lowest BCUT2D eigenvalue weighted by molar-refractivity contribution is -0.111. The highest BCUT2D eigenvalue weighted by molar-refractivity contribution is 6.01. The van der Waals surface area contributed by atoms with E-state index >= 15 is 0 Å². The molecule has 2 rings (SSSR count). The smallest absolute Gasteiger partial charge is 0.248 e. The van der Waals surface area contributed by atoms with Gasteiger partial charge in [-0.05, 0) is 55.0 Å². The zero-order chi connectivity index (χ0) is 15.8. The van der Waals surface area contributed by atoms with E-state index in [1.54, 1.807) is 13.2 Å². The molecule has 0 unspecified atom stereocenters. The second kappa shape index (κ2) is 7.88. The maximum absolute atomic E-state index is 11.9. The van der Waals surface area contributed by atoms with Crippen LogP contribution in [0.3, 0.4) is 0 Å². The number of rotatable bonds is 6. The highest BCUT2D eigenvalue weighted by Gasteiger charge is 1.99. The molecule has 0 aliphatic carbocycles. The largest absolute Gasteiger partial charge is 0.497 e. The molecule has 0 saturated carbocycles. The van der Waals surface area contributed by atoms with E-state index in [1.807, 2.05) is 55.5 Å². The molecule has 1 amide bonds. The molecule has 4 nitrogen and oxygen atoms in total. The van der Waals surface area contributed by atoms with Gasteiger partial charge >= 0.3 is 0 Å². The Morgan fingerprint density at radius 2 is 1.68 bits per heavy atom. The van der Waals surface area contributed by atoms with Gasteiger partial charge in [0.05, 0.1) is 13.7 Å². The summed E-state index contributed by atoms with van der Waals surface area (Å²) in [5.41, 5.74) is 1.66. The van der Waals surface area contributed by atoms with Crippen molar-refractivity contribution < 1.29 is 14.3 Å². The lowest BCUT2D eigenvalue weighted by Crippen LogP contribution is -2.07. The number of nitrogens with one attached hydrogen (secondary N) is 1. The zero-order valence-corrected chi connectivity index (χ0v) is 12.7. The third-order valence-electron chi connectivity index (χ3n) is 2.98. The quantitative estimate of drug-likeness (QED) is 0.826. The molecule has 4 heteroatoms. The number of ether oxygens (including phenoxy) is 2. The second-order valence-corrected chi connectivity index (χ2v) is 4.55. The molecule has 0 aliphatic rings. The topological polar surface area (TPSA) is 47.6 Å². The lowest BCUT2D eigenvalue weighted by Gasteiger charge is -2.05. The molecule has 0 fully saturated rings. The van der Waals surface area contributed by atoms with Crippen molar-refractivity contribution in [3.05, 3.63) is 60.2 Å². The van der Waals surface area contributed by atoms with Crippen LogP contribution in [0.4, 0.5) is 5.69 Å². The minimum atomic E-state index is -0.181. The van der Waals surface area contributed by atoms with Gasteiger partial charge in [-0.3, -0.25) is 4.79 Å². The van der Waals surface area contributed by atoms with Gasteiger partial charge in [0.15, 0.2) is 0 Å². The monoisotopic (exact) mass is 297 g/mol. The zero-order valence-electron chi connectivity index (χ0n) is 12.7. The highest BCUT2D eigenvalue weighted by atomic mass is 16.5. The minimum absolute atomic E-state index is 0.181. The maximum Gasteiger partial charge on any atom is 0.248 e. The molecule has 2 aromatic rings. The molecule has 0 aliphatic heterocycles. The normalized spacial score (nSPS) is 10.5. The van der Waals surface area contributed by atoms with Crippen LogP contribution in [0.2, 0.25) is 0 Å². The average molecular weight is 297 g/mol. The van der Waals surface area contributed by atoms with E-state index in [-0.39, 0.29) is 5.91 Å². The molecule has 0 bridgehead atoms. The van der Waals surface area contributed by atoms with Crippen molar-refractivity contribution >= 4 is 17.7 Å². The first-order chi connectivity index (χ1) is 10.7. The summed E-state index contributed by atoms with van der Waals surface area (Å²) in [7, 11) is 1.62. The van der Waals surface area contributed by atoms with Gasteiger partial charge in [0, 0.05) is 11.8 Å². The van der Waals surface area contributed by atoms with E-state index in [0.717, 1.165) is 22.7 Å². The number of carbonyl (C=O) groups excluding carboxylic acids is 1. The summed E-state index contributed by atoms with van der Waals surface area (Å²) in [4.78, 5) is 11.9. The fraction of sp³-hybridized carbons (Fsp3) is 0.167. The summed E-state index contributed by atoms with van der Waals surface area (Å²) in [6, 6.07) is 14.7. The minimum Gasteiger partial charge on any atom is -0.497 e. The van der Waals surface area contributed by atoms with E-state index < -0.39 is 0 Å². The Hall–Kier alpha value is -2.75. The van der Waals surface area contributed by atoms with Gasteiger partial charge in [-0.15, -0.1) is 0 Å². The number of benzene rings is 2. The molecule has 0 aromatic heterocycles. The van der Waals surface area contributed by atoms with Gasteiger partial charge in [0.1, 0.15) is 11.5 Å². The molecule has 114 valence electrons. The Balaban J connectivity index is 1.92. The van der Waals surface area contributed by atoms with Gasteiger partial charge < -0.3 is 14.8 Å². The first-order valence-electron chi connectivity index (χ1n) is 7.07. The molecular weight excluding hydrogens is 278 g/mol. The Morgan fingerprint density at radius 3 is 2.27 bits per heavy atom. The first-order valence-corrected chi connectivity index (χ1v) is 7.07. The molecule has 0 saturated heterocycles. The summed E-state index contributed by atoms with van der Waals surface area (Å²) < 4.78 is 10.4. The van der Waals surface area contributed by atoms with Crippen LogP contribution in [0.15, 0.2) is 54.6 Å². The number of carbonyl (C=O) groups is 1. The number of hydrogen-bond donors (Lipinski definition) is 1. The summed E-state index contributed by atoms with van der Waals surface area (Å²) in [5, 5.41) is 2.80. The standard InChI is InChI=1S/C18H19NO3/c1-3-22-17-11-7-15(8-12-17)19-18(20)13-6-14-4-9-16(21-2)10-5-14/h4-13H,3H2,1-2H3,(H,19,20)/b13-6+. The summed E-state index contributed by atoms with van der Waals surface area (Å²) in [6.07, 6.45) is 3.25. The van der Waals surface area contributed by atoms with Crippen molar-refractivity contribution in [3.8, 4) is 11.5 Å². The summed E-state index contributed by atoms with van der Waals surface area (Å²) >= 11 is 0. The molecule has 0 spiro atoms. The van der Waals surface area contributed by atoms with Gasteiger partial charge in [0.25, 0.3) is 0 Å². The maximum atomic E-state index is 11.9. The van der Waals surface area contributed by atoms with E-state index in [0.29, 0.717) is 6.61 Å². The van der Waals surface area contributed by atoms with Crippen LogP contribution in [0.1, 0.15) is 12.5 Å². The number of amides is 1. The van der Waals surface area contributed by atoms with E-state index in [9.17, 15) is 4.79 Å². The van der Waals surface area contributed by atoms with Crippen molar-refractivity contribution in [3.63, 3.8) is 0 Å². The fourth-order valence-electron chi connectivity index (χ4n) is 1.87. The molecular formula is C18H19NO3. The van der Waals surface area contributed by atoms with Gasteiger partial charge in [-0.2, -0.15) is 0 Å². The number of anilines is 1. The van der Waals surface area contributed by atoms with Gasteiger partial charge in [-0.1, -0.05) is 12.1 Å².